The second-order valence-electron chi connectivity index (χ2n) is 20.1. The van der Waals surface area contributed by atoms with E-state index in [1.54, 1.807) is 6.08 Å². The predicted octanol–water partition coefficient (Wildman–Crippen LogP) is 13.1. The summed E-state index contributed by atoms with van der Waals surface area (Å²) in [5.41, 5.74) is 0. The Bertz CT molecular complexity index is 1380. The summed E-state index contributed by atoms with van der Waals surface area (Å²) >= 11 is 0. The standard InChI is InChI=1S/C60H107NO10/c1-4-7-10-13-16-19-22-25-27-30-33-36-39-42-45-48-55(65)71-58-57(67)56(66)54(49-62)70-60(58)69-50-51(52(63)46-43-40-37-34-31-28-24-21-18-15-12-9-6-3)61-59(68)53(64)47-44-41-38-35-32-29-26-23-20-17-14-11-8-5-2/h16-17,19-20,22-23,25-26,43,46,51-54,56-58,60,62-64,66-67H,4-15,18,21,24,27-42,44-45,47-50H2,1-3H3,(H,61,68)/b19-16+,20-17+,25-22+,26-23+,46-43+. The molecule has 1 amide bonds. The Hall–Kier alpha value is -2.64. The molecule has 0 aromatic carbocycles. The molecule has 1 aliphatic heterocycles. The largest absolute Gasteiger partial charge is 0.454 e. The fraction of sp³-hybridized carbons (Fsp3) is 0.800. The highest BCUT2D eigenvalue weighted by atomic mass is 16.7. The Kier molecular flexibility index (Phi) is 45.2. The fourth-order valence-corrected chi connectivity index (χ4v) is 8.75. The van der Waals surface area contributed by atoms with Crippen molar-refractivity contribution in [3.8, 4) is 0 Å². The normalized spacial score (nSPS) is 20.0. The molecule has 1 aliphatic rings. The first kappa shape index (κ1) is 66.4. The molecule has 71 heavy (non-hydrogen) atoms. The number of hydrogen-bond acceptors (Lipinski definition) is 10. The maximum Gasteiger partial charge on any atom is 0.306 e. The summed E-state index contributed by atoms with van der Waals surface area (Å²) in [7, 11) is 0. The van der Waals surface area contributed by atoms with Gasteiger partial charge in [-0.3, -0.25) is 9.59 Å². The number of hydrogen-bond donors (Lipinski definition) is 6. The minimum absolute atomic E-state index is 0.108. The zero-order chi connectivity index (χ0) is 51.8. The van der Waals surface area contributed by atoms with Gasteiger partial charge in [0.15, 0.2) is 12.4 Å². The second kappa shape index (κ2) is 48.3. The van der Waals surface area contributed by atoms with Crippen LogP contribution in [0.25, 0.3) is 0 Å². The molecule has 0 radical (unpaired) electrons. The first-order valence-electron chi connectivity index (χ1n) is 29.1. The number of ether oxygens (including phenoxy) is 3. The van der Waals surface area contributed by atoms with Crippen LogP contribution in [0, 0.1) is 0 Å². The topological polar surface area (TPSA) is 175 Å². The SMILES string of the molecule is CCCCC/C=C/C=C/CCCCCCCCC(=O)OC1C(OCC(NC(=O)C(O)CCCCCCC/C=C/C=C/CCCCC)C(O)/C=C/CCCCCCCCCCCCC)OC(CO)C(O)C1O. The van der Waals surface area contributed by atoms with Crippen molar-refractivity contribution in [3.63, 3.8) is 0 Å². The highest BCUT2D eigenvalue weighted by Crippen LogP contribution is 2.26. The van der Waals surface area contributed by atoms with Crippen molar-refractivity contribution in [3.05, 3.63) is 60.8 Å². The third-order valence-corrected chi connectivity index (χ3v) is 13.4. The molecule has 1 heterocycles. The summed E-state index contributed by atoms with van der Waals surface area (Å²) in [6.45, 7) is 5.70. The monoisotopic (exact) mass is 1000 g/mol. The van der Waals surface area contributed by atoms with E-state index in [0.29, 0.717) is 12.8 Å². The van der Waals surface area contributed by atoms with E-state index in [1.165, 1.54) is 96.3 Å². The summed E-state index contributed by atoms with van der Waals surface area (Å²) in [5.74, 6) is -1.22. The van der Waals surface area contributed by atoms with Crippen LogP contribution in [0.5, 0.6) is 0 Å². The molecular weight excluding hydrogens is 895 g/mol. The maximum atomic E-state index is 13.4. The van der Waals surface area contributed by atoms with Crippen LogP contribution >= 0.6 is 0 Å². The molecule has 0 bridgehead atoms. The van der Waals surface area contributed by atoms with E-state index in [0.717, 1.165) is 103 Å². The van der Waals surface area contributed by atoms with E-state index in [4.69, 9.17) is 14.2 Å². The first-order chi connectivity index (χ1) is 34.7. The van der Waals surface area contributed by atoms with Crippen LogP contribution in [0.3, 0.4) is 0 Å². The van der Waals surface area contributed by atoms with E-state index in [2.05, 4.69) is 74.7 Å². The van der Waals surface area contributed by atoms with Gasteiger partial charge in [-0.25, -0.2) is 0 Å². The quantitative estimate of drug-likeness (QED) is 0.0149. The van der Waals surface area contributed by atoms with E-state index in [-0.39, 0.29) is 19.4 Å². The number of carbonyl (C=O) groups excluding carboxylic acids is 2. The lowest BCUT2D eigenvalue weighted by Gasteiger charge is -2.41. The maximum absolute atomic E-state index is 13.4. The van der Waals surface area contributed by atoms with Crippen LogP contribution in [-0.2, 0) is 23.8 Å². The minimum atomic E-state index is -1.62. The number of aliphatic hydroxyl groups is 5. The molecule has 0 spiro atoms. The Balaban J connectivity index is 2.76. The van der Waals surface area contributed by atoms with Gasteiger partial charge in [0.1, 0.15) is 24.4 Å². The number of esters is 1. The Morgan fingerprint density at radius 3 is 1.44 bits per heavy atom. The molecule has 8 unspecified atom stereocenters. The molecule has 0 aliphatic carbocycles. The van der Waals surface area contributed by atoms with Gasteiger partial charge in [0.25, 0.3) is 0 Å². The van der Waals surface area contributed by atoms with Crippen LogP contribution in [-0.4, -0.2) is 99.6 Å². The Morgan fingerprint density at radius 2 is 0.958 bits per heavy atom. The number of rotatable bonds is 48. The van der Waals surface area contributed by atoms with Crippen molar-refractivity contribution in [2.75, 3.05) is 13.2 Å². The molecule has 1 saturated heterocycles. The van der Waals surface area contributed by atoms with Gasteiger partial charge in [0.05, 0.1) is 25.4 Å². The lowest BCUT2D eigenvalue weighted by molar-refractivity contribution is -0.305. The molecule has 0 saturated carbocycles. The molecule has 11 heteroatoms. The summed E-state index contributed by atoms with van der Waals surface area (Å²) in [4.78, 5) is 26.5. The highest BCUT2D eigenvalue weighted by molar-refractivity contribution is 5.80. The van der Waals surface area contributed by atoms with Crippen LogP contribution in [0.4, 0.5) is 0 Å². The third-order valence-electron chi connectivity index (χ3n) is 13.4. The van der Waals surface area contributed by atoms with Crippen LogP contribution < -0.4 is 5.32 Å². The van der Waals surface area contributed by atoms with Gasteiger partial charge in [-0.05, 0) is 77.0 Å². The first-order valence-corrected chi connectivity index (χ1v) is 29.1. The molecular formula is C60H107NO10. The number of allylic oxidation sites excluding steroid dienone is 9. The van der Waals surface area contributed by atoms with Crippen molar-refractivity contribution in [1.82, 2.24) is 5.32 Å². The van der Waals surface area contributed by atoms with Crippen molar-refractivity contribution in [2.24, 2.45) is 0 Å². The van der Waals surface area contributed by atoms with Crippen molar-refractivity contribution in [2.45, 2.75) is 294 Å². The van der Waals surface area contributed by atoms with Gasteiger partial charge in [0.2, 0.25) is 5.91 Å². The fourth-order valence-electron chi connectivity index (χ4n) is 8.75. The number of amides is 1. The van der Waals surface area contributed by atoms with Crippen molar-refractivity contribution >= 4 is 11.9 Å². The Morgan fingerprint density at radius 1 is 0.549 bits per heavy atom. The molecule has 1 rings (SSSR count). The zero-order valence-electron chi connectivity index (χ0n) is 45.3. The van der Waals surface area contributed by atoms with Gasteiger partial charge < -0.3 is 45.1 Å². The van der Waals surface area contributed by atoms with Gasteiger partial charge in [-0.15, -0.1) is 0 Å². The Labute approximate surface area is 433 Å². The summed E-state index contributed by atoms with van der Waals surface area (Å²) in [6, 6.07) is -1.03. The van der Waals surface area contributed by atoms with Crippen LogP contribution in [0.15, 0.2) is 60.8 Å². The summed E-state index contributed by atoms with van der Waals surface area (Å²) in [5, 5.41) is 56.8. The van der Waals surface area contributed by atoms with E-state index >= 15 is 0 Å². The van der Waals surface area contributed by atoms with Gasteiger partial charge >= 0.3 is 5.97 Å². The minimum Gasteiger partial charge on any atom is -0.454 e. The zero-order valence-corrected chi connectivity index (χ0v) is 45.3. The average molecular weight is 1000 g/mol. The summed E-state index contributed by atoms with van der Waals surface area (Å²) < 4.78 is 17.6. The second-order valence-corrected chi connectivity index (χ2v) is 20.1. The van der Waals surface area contributed by atoms with Gasteiger partial charge in [-0.1, -0.05) is 223 Å². The van der Waals surface area contributed by atoms with Gasteiger partial charge in [-0.2, -0.15) is 0 Å². The molecule has 0 aromatic rings. The van der Waals surface area contributed by atoms with E-state index < -0.39 is 67.4 Å². The molecule has 11 nitrogen and oxygen atoms in total. The third kappa shape index (κ3) is 36.9. The lowest BCUT2D eigenvalue weighted by atomic mass is 9.99. The van der Waals surface area contributed by atoms with E-state index in [1.807, 2.05) is 6.08 Å². The molecule has 0 aromatic heterocycles. The molecule has 412 valence electrons. The highest BCUT2D eigenvalue weighted by Gasteiger charge is 2.47. The number of nitrogens with one attached hydrogen (secondary N) is 1. The lowest BCUT2D eigenvalue weighted by Crippen LogP contribution is -2.61. The molecule has 1 fully saturated rings. The molecule has 8 atom stereocenters. The average Bonchev–Trinajstić information content (AvgIpc) is 3.37. The number of unbranched alkanes of at least 4 members (excludes halogenated alkanes) is 28. The summed E-state index contributed by atoms with van der Waals surface area (Å²) in [6.07, 6.45) is 48.2. The smallest absolute Gasteiger partial charge is 0.306 e. The van der Waals surface area contributed by atoms with Crippen LogP contribution in [0.1, 0.15) is 245 Å². The van der Waals surface area contributed by atoms with Crippen LogP contribution in [0.2, 0.25) is 0 Å². The van der Waals surface area contributed by atoms with E-state index in [9.17, 15) is 35.1 Å². The van der Waals surface area contributed by atoms with Crippen molar-refractivity contribution < 1.29 is 49.3 Å². The van der Waals surface area contributed by atoms with Gasteiger partial charge in [0, 0.05) is 6.42 Å². The predicted molar refractivity (Wildman–Crippen MR) is 292 cm³/mol. The number of carbonyl (C=O) groups is 2. The molecule has 6 N–H and O–H groups in total. The number of aliphatic hydroxyl groups excluding tert-OH is 5. The van der Waals surface area contributed by atoms with Crippen molar-refractivity contribution in [1.29, 1.82) is 0 Å².